The molecule has 0 bridgehead atoms. The third-order valence-electron chi connectivity index (χ3n) is 5.47. The van der Waals surface area contributed by atoms with Crippen molar-refractivity contribution in [2.75, 3.05) is 43.5 Å². The number of amides is 2. The number of halogens is 4. The Morgan fingerprint density at radius 1 is 0.971 bits per heavy atom. The number of hydrogen-bond donors (Lipinski definition) is 2. The van der Waals surface area contributed by atoms with Gasteiger partial charge in [0, 0.05) is 44.0 Å². The normalized spacial score (nSPS) is 13.4. The summed E-state index contributed by atoms with van der Waals surface area (Å²) in [5, 5.41) is 4.34. The van der Waals surface area contributed by atoms with Gasteiger partial charge in [-0.15, -0.1) is 0 Å². The molecule has 1 aliphatic heterocycles. The van der Waals surface area contributed by atoms with E-state index >= 15 is 0 Å². The van der Waals surface area contributed by atoms with Crippen LogP contribution in [0.1, 0.15) is 30.1 Å². The first-order valence-corrected chi connectivity index (χ1v) is 11.2. The molecule has 1 fully saturated rings. The van der Waals surface area contributed by atoms with Crippen molar-refractivity contribution >= 4 is 40.5 Å². The van der Waals surface area contributed by atoms with Gasteiger partial charge >= 0.3 is 0 Å². The maximum atomic E-state index is 14.1. The summed E-state index contributed by atoms with van der Waals surface area (Å²) in [6.07, 6.45) is 1.35. The molecule has 2 aromatic rings. The lowest BCUT2D eigenvalue weighted by Crippen LogP contribution is -2.48. The summed E-state index contributed by atoms with van der Waals surface area (Å²) >= 11 is 4.98. The van der Waals surface area contributed by atoms with Crippen molar-refractivity contribution in [3.63, 3.8) is 0 Å². The third kappa shape index (κ3) is 5.81. The Hall–Kier alpha value is -3.41. The van der Waals surface area contributed by atoms with E-state index in [1.54, 1.807) is 12.1 Å². The summed E-state index contributed by atoms with van der Waals surface area (Å²) in [6, 6.07) is 6.97. The molecule has 0 aromatic heterocycles. The van der Waals surface area contributed by atoms with Crippen LogP contribution in [-0.4, -0.2) is 55.1 Å². The smallest absolute Gasteiger partial charge is 0.263 e. The topological polar surface area (TPSA) is 73.9 Å². The molecule has 1 heterocycles. The number of carbonyl (C=O) groups is 2. The maximum Gasteiger partial charge on any atom is 0.263 e. The van der Waals surface area contributed by atoms with E-state index in [2.05, 4.69) is 15.0 Å². The summed E-state index contributed by atoms with van der Waals surface area (Å²) in [5.41, 5.74) is -0.0814. The zero-order valence-corrected chi connectivity index (χ0v) is 19.9. The van der Waals surface area contributed by atoms with E-state index in [0.29, 0.717) is 38.3 Å². The van der Waals surface area contributed by atoms with Gasteiger partial charge in [0.15, 0.2) is 22.5 Å². The molecule has 3 rings (SSSR count). The number of methoxy groups -OCH3 is 1. The second-order valence-electron chi connectivity index (χ2n) is 7.74. The SMILES string of the molecule is CCCC(=O)N1CCN(c2ccc(NC(=S)NC(=O)c3c(F)c(F)c(OC)c(F)c3F)cc2)CC1. The fourth-order valence-electron chi connectivity index (χ4n) is 3.66. The highest BCUT2D eigenvalue weighted by molar-refractivity contribution is 7.80. The highest BCUT2D eigenvalue weighted by Crippen LogP contribution is 2.29. The van der Waals surface area contributed by atoms with Crippen molar-refractivity contribution < 1.29 is 31.9 Å². The van der Waals surface area contributed by atoms with E-state index in [1.807, 2.05) is 29.3 Å². The van der Waals surface area contributed by atoms with E-state index < -0.39 is 40.5 Å². The largest absolute Gasteiger partial charge is 0.491 e. The number of nitrogens with one attached hydrogen (secondary N) is 2. The fraction of sp³-hybridized carbons (Fsp3) is 0.348. The molecule has 0 saturated carbocycles. The van der Waals surface area contributed by atoms with Crippen molar-refractivity contribution in [3.05, 3.63) is 53.1 Å². The Morgan fingerprint density at radius 3 is 2.06 bits per heavy atom. The summed E-state index contributed by atoms with van der Waals surface area (Å²) < 4.78 is 60.3. The van der Waals surface area contributed by atoms with E-state index in [-0.39, 0.29) is 11.0 Å². The number of anilines is 2. The first-order valence-electron chi connectivity index (χ1n) is 10.8. The van der Waals surface area contributed by atoms with Crippen LogP contribution < -0.4 is 20.3 Å². The first-order chi connectivity index (χ1) is 16.7. The molecular weight excluding hydrogens is 488 g/mol. The van der Waals surface area contributed by atoms with Crippen LogP contribution in [0.4, 0.5) is 28.9 Å². The molecule has 1 saturated heterocycles. The second-order valence-corrected chi connectivity index (χ2v) is 8.15. The number of ether oxygens (including phenoxy) is 1. The van der Waals surface area contributed by atoms with Crippen LogP contribution in [0.2, 0.25) is 0 Å². The molecule has 0 atom stereocenters. The number of piperazine rings is 1. The summed E-state index contributed by atoms with van der Waals surface area (Å²) in [4.78, 5) is 28.2. The van der Waals surface area contributed by atoms with Crippen molar-refractivity contribution in [1.29, 1.82) is 0 Å². The number of carbonyl (C=O) groups excluding carboxylic acids is 2. The standard InChI is InChI=1S/C23H24F4N4O3S/c1-3-4-15(32)31-11-9-30(10-12-31)14-7-5-13(6-8-14)28-23(35)29-22(33)16-17(24)19(26)21(34-2)20(27)18(16)25/h5-8H,3-4,9-12H2,1-2H3,(H2,28,29,33,35). The average Bonchev–Trinajstić information content (AvgIpc) is 2.84. The zero-order valence-electron chi connectivity index (χ0n) is 19.1. The lowest BCUT2D eigenvalue weighted by molar-refractivity contribution is -0.131. The number of thiocarbonyl (C=S) groups is 1. The van der Waals surface area contributed by atoms with Gasteiger partial charge in [-0.05, 0) is 42.9 Å². The molecular formula is C23H24F4N4O3S. The predicted molar refractivity (Wildman–Crippen MR) is 127 cm³/mol. The average molecular weight is 513 g/mol. The monoisotopic (exact) mass is 512 g/mol. The third-order valence-corrected chi connectivity index (χ3v) is 5.67. The highest BCUT2D eigenvalue weighted by atomic mass is 32.1. The molecule has 7 nitrogen and oxygen atoms in total. The number of benzene rings is 2. The van der Waals surface area contributed by atoms with Crippen LogP contribution in [0.15, 0.2) is 24.3 Å². The van der Waals surface area contributed by atoms with Crippen molar-refractivity contribution in [3.8, 4) is 5.75 Å². The van der Waals surface area contributed by atoms with Crippen LogP contribution in [0, 0.1) is 23.3 Å². The van der Waals surface area contributed by atoms with Crippen LogP contribution in [0.25, 0.3) is 0 Å². The molecule has 2 N–H and O–H groups in total. The van der Waals surface area contributed by atoms with Gasteiger partial charge in [0.25, 0.3) is 5.91 Å². The van der Waals surface area contributed by atoms with Crippen molar-refractivity contribution in [2.24, 2.45) is 0 Å². The van der Waals surface area contributed by atoms with Crippen LogP contribution in [0.5, 0.6) is 5.75 Å². The molecule has 1 aliphatic rings. The van der Waals surface area contributed by atoms with Crippen molar-refractivity contribution in [2.45, 2.75) is 19.8 Å². The molecule has 0 radical (unpaired) electrons. The molecule has 0 unspecified atom stereocenters. The van der Waals surface area contributed by atoms with Crippen LogP contribution in [-0.2, 0) is 4.79 Å². The minimum absolute atomic E-state index is 0.155. The first kappa shape index (κ1) is 26.2. The summed E-state index contributed by atoms with van der Waals surface area (Å²) in [5.74, 6) is -10.1. The molecule has 0 aliphatic carbocycles. The van der Waals surface area contributed by atoms with Crippen LogP contribution >= 0.6 is 12.2 Å². The molecule has 2 aromatic carbocycles. The van der Waals surface area contributed by atoms with E-state index in [9.17, 15) is 27.2 Å². The molecule has 188 valence electrons. The van der Waals surface area contributed by atoms with Gasteiger partial charge in [0.05, 0.1) is 7.11 Å². The van der Waals surface area contributed by atoms with Gasteiger partial charge < -0.3 is 19.9 Å². The Bertz CT molecular complexity index is 1090. The lowest BCUT2D eigenvalue weighted by Gasteiger charge is -2.36. The molecule has 2 amide bonds. The molecule has 12 heteroatoms. The Labute approximate surface area is 205 Å². The summed E-state index contributed by atoms with van der Waals surface area (Å²) in [6.45, 7) is 4.60. The summed E-state index contributed by atoms with van der Waals surface area (Å²) in [7, 11) is 0.832. The van der Waals surface area contributed by atoms with Gasteiger partial charge in [-0.1, -0.05) is 6.92 Å². The van der Waals surface area contributed by atoms with Crippen molar-refractivity contribution in [1.82, 2.24) is 10.2 Å². The number of nitrogens with zero attached hydrogens (tertiary/aromatic N) is 2. The van der Waals surface area contributed by atoms with Gasteiger partial charge in [-0.3, -0.25) is 14.9 Å². The van der Waals surface area contributed by atoms with Gasteiger partial charge in [-0.2, -0.15) is 8.78 Å². The minimum atomic E-state index is -1.90. The maximum absolute atomic E-state index is 14.1. The quantitative estimate of drug-likeness (QED) is 0.348. The number of hydrogen-bond acceptors (Lipinski definition) is 5. The Kier molecular flexibility index (Phi) is 8.49. The molecule has 0 spiro atoms. The number of rotatable bonds is 6. The van der Waals surface area contributed by atoms with Gasteiger partial charge in [0.2, 0.25) is 17.5 Å². The van der Waals surface area contributed by atoms with E-state index in [0.717, 1.165) is 19.2 Å². The Balaban J connectivity index is 1.60. The minimum Gasteiger partial charge on any atom is -0.491 e. The fourth-order valence-corrected chi connectivity index (χ4v) is 3.87. The lowest BCUT2D eigenvalue weighted by atomic mass is 10.1. The van der Waals surface area contributed by atoms with Gasteiger partial charge in [-0.25, -0.2) is 8.78 Å². The second kappa shape index (κ2) is 11.3. The van der Waals surface area contributed by atoms with Crippen LogP contribution in [0.3, 0.4) is 0 Å². The zero-order chi connectivity index (χ0) is 25.7. The highest BCUT2D eigenvalue weighted by Gasteiger charge is 2.30. The van der Waals surface area contributed by atoms with E-state index in [4.69, 9.17) is 12.2 Å². The van der Waals surface area contributed by atoms with Gasteiger partial charge in [0.1, 0.15) is 5.56 Å². The Morgan fingerprint density at radius 2 is 1.54 bits per heavy atom. The molecule has 35 heavy (non-hydrogen) atoms. The predicted octanol–water partition coefficient (Wildman–Crippen LogP) is 3.83. The van der Waals surface area contributed by atoms with E-state index in [1.165, 1.54) is 0 Å².